The maximum atomic E-state index is 9.29. The second kappa shape index (κ2) is 5.80. The molecule has 1 aromatic carbocycles. The van der Waals surface area contributed by atoms with Gasteiger partial charge in [0, 0.05) is 12.1 Å². The molecule has 2 aromatic rings. The van der Waals surface area contributed by atoms with Gasteiger partial charge in [-0.25, -0.2) is 4.98 Å². The second-order valence-corrected chi connectivity index (χ2v) is 4.53. The highest BCUT2D eigenvalue weighted by molar-refractivity contribution is 5.55. The number of aromatic nitrogens is 1. The van der Waals surface area contributed by atoms with Crippen molar-refractivity contribution in [2.75, 3.05) is 13.6 Å². The van der Waals surface area contributed by atoms with Crippen LogP contribution in [-0.2, 0) is 6.54 Å². The van der Waals surface area contributed by atoms with Crippen LogP contribution in [0.3, 0.4) is 0 Å². The first-order chi connectivity index (χ1) is 8.65. The van der Waals surface area contributed by atoms with E-state index in [9.17, 15) is 5.11 Å². The van der Waals surface area contributed by atoms with E-state index in [1.54, 1.807) is 13.1 Å². The molecule has 0 spiro atoms. The van der Waals surface area contributed by atoms with Crippen molar-refractivity contribution in [3.8, 4) is 11.3 Å². The average Bonchev–Trinajstić information content (AvgIpc) is 2.77. The van der Waals surface area contributed by atoms with Crippen LogP contribution in [0.4, 0.5) is 0 Å². The molecule has 4 nitrogen and oxygen atoms in total. The highest BCUT2D eigenvalue weighted by atomic mass is 16.4. The Kier molecular flexibility index (Phi) is 4.12. The summed E-state index contributed by atoms with van der Waals surface area (Å²) >= 11 is 0. The molecule has 1 unspecified atom stereocenters. The third-order valence-electron chi connectivity index (χ3n) is 2.59. The van der Waals surface area contributed by atoms with E-state index in [4.69, 9.17) is 4.42 Å². The van der Waals surface area contributed by atoms with Crippen LogP contribution in [0.2, 0.25) is 0 Å². The summed E-state index contributed by atoms with van der Waals surface area (Å²) in [4.78, 5) is 6.23. The molecular formula is C14H18N2O2. The van der Waals surface area contributed by atoms with Gasteiger partial charge in [-0.3, -0.25) is 4.90 Å². The summed E-state index contributed by atoms with van der Waals surface area (Å²) in [7, 11) is 1.93. The minimum atomic E-state index is -0.349. The van der Waals surface area contributed by atoms with E-state index in [1.807, 2.05) is 42.3 Å². The summed E-state index contributed by atoms with van der Waals surface area (Å²) in [5, 5.41) is 9.29. The van der Waals surface area contributed by atoms with Crippen molar-refractivity contribution >= 4 is 0 Å². The zero-order valence-corrected chi connectivity index (χ0v) is 10.7. The van der Waals surface area contributed by atoms with Crippen LogP contribution in [0.1, 0.15) is 12.8 Å². The topological polar surface area (TPSA) is 49.5 Å². The lowest BCUT2D eigenvalue weighted by atomic mass is 10.2. The Bertz CT molecular complexity index is 480. The van der Waals surface area contributed by atoms with E-state index >= 15 is 0 Å². The van der Waals surface area contributed by atoms with E-state index in [2.05, 4.69) is 4.98 Å². The molecule has 0 aliphatic carbocycles. The van der Waals surface area contributed by atoms with Crippen molar-refractivity contribution in [3.05, 3.63) is 42.4 Å². The SMILES string of the molecule is CC(O)CN(C)Cc1ncc(-c2ccccc2)o1. The molecule has 18 heavy (non-hydrogen) atoms. The van der Waals surface area contributed by atoms with Gasteiger partial charge in [0.15, 0.2) is 5.76 Å². The molecular weight excluding hydrogens is 228 g/mol. The highest BCUT2D eigenvalue weighted by Crippen LogP contribution is 2.20. The number of nitrogens with zero attached hydrogens (tertiary/aromatic N) is 2. The lowest BCUT2D eigenvalue weighted by Gasteiger charge is -2.15. The molecule has 0 amide bonds. The van der Waals surface area contributed by atoms with Crippen LogP contribution >= 0.6 is 0 Å². The first-order valence-electron chi connectivity index (χ1n) is 6.02. The molecule has 0 saturated heterocycles. The third kappa shape index (κ3) is 3.42. The summed E-state index contributed by atoms with van der Waals surface area (Å²) in [6.45, 7) is 2.96. The second-order valence-electron chi connectivity index (χ2n) is 4.53. The predicted molar refractivity (Wildman–Crippen MR) is 70.0 cm³/mol. The standard InChI is InChI=1S/C14H18N2O2/c1-11(17)9-16(2)10-14-15-8-13(18-14)12-6-4-3-5-7-12/h3-8,11,17H,9-10H2,1-2H3. The number of aliphatic hydroxyl groups is 1. The van der Waals surface area contributed by atoms with Crippen molar-refractivity contribution < 1.29 is 9.52 Å². The lowest BCUT2D eigenvalue weighted by Crippen LogP contribution is -2.26. The Morgan fingerprint density at radius 3 is 2.72 bits per heavy atom. The van der Waals surface area contributed by atoms with Gasteiger partial charge in [0.2, 0.25) is 5.89 Å². The first kappa shape index (κ1) is 12.8. The number of rotatable bonds is 5. The van der Waals surface area contributed by atoms with Crippen LogP contribution in [0.5, 0.6) is 0 Å². The highest BCUT2D eigenvalue weighted by Gasteiger charge is 2.09. The van der Waals surface area contributed by atoms with Gasteiger partial charge in [-0.05, 0) is 14.0 Å². The van der Waals surface area contributed by atoms with Crippen LogP contribution in [-0.4, -0.2) is 34.7 Å². The first-order valence-corrected chi connectivity index (χ1v) is 6.02. The van der Waals surface area contributed by atoms with E-state index in [0.717, 1.165) is 11.3 Å². The summed E-state index contributed by atoms with van der Waals surface area (Å²) < 4.78 is 5.69. The Morgan fingerprint density at radius 1 is 1.33 bits per heavy atom. The van der Waals surface area contributed by atoms with Crippen LogP contribution < -0.4 is 0 Å². The summed E-state index contributed by atoms with van der Waals surface area (Å²) in [6.07, 6.45) is 1.39. The number of hydrogen-bond donors (Lipinski definition) is 1. The minimum absolute atomic E-state index is 0.349. The maximum absolute atomic E-state index is 9.29. The van der Waals surface area contributed by atoms with Gasteiger partial charge in [-0.1, -0.05) is 30.3 Å². The molecule has 0 radical (unpaired) electrons. The number of likely N-dealkylation sites (N-methyl/N-ethyl adjacent to an activating group) is 1. The van der Waals surface area contributed by atoms with Gasteiger partial charge in [0.05, 0.1) is 18.8 Å². The van der Waals surface area contributed by atoms with E-state index in [0.29, 0.717) is 19.0 Å². The normalized spacial score (nSPS) is 12.9. The fraction of sp³-hybridized carbons (Fsp3) is 0.357. The van der Waals surface area contributed by atoms with Gasteiger partial charge in [0.1, 0.15) is 0 Å². The molecule has 0 bridgehead atoms. The summed E-state index contributed by atoms with van der Waals surface area (Å²) in [5.74, 6) is 1.44. The van der Waals surface area contributed by atoms with Gasteiger partial charge in [-0.2, -0.15) is 0 Å². The largest absolute Gasteiger partial charge is 0.439 e. The van der Waals surface area contributed by atoms with Crippen molar-refractivity contribution in [2.45, 2.75) is 19.6 Å². The number of aliphatic hydroxyl groups excluding tert-OH is 1. The van der Waals surface area contributed by atoms with Gasteiger partial charge < -0.3 is 9.52 Å². The van der Waals surface area contributed by atoms with Crippen molar-refractivity contribution in [1.29, 1.82) is 0 Å². The van der Waals surface area contributed by atoms with Crippen molar-refractivity contribution in [3.63, 3.8) is 0 Å². The molecule has 0 fully saturated rings. The smallest absolute Gasteiger partial charge is 0.209 e. The lowest BCUT2D eigenvalue weighted by molar-refractivity contribution is 0.133. The molecule has 1 heterocycles. The monoisotopic (exact) mass is 246 g/mol. The number of oxazole rings is 1. The molecule has 4 heteroatoms. The minimum Gasteiger partial charge on any atom is -0.439 e. The maximum Gasteiger partial charge on any atom is 0.209 e. The Morgan fingerprint density at radius 2 is 2.06 bits per heavy atom. The third-order valence-corrected chi connectivity index (χ3v) is 2.59. The van der Waals surface area contributed by atoms with Crippen LogP contribution in [0, 0.1) is 0 Å². The Hall–Kier alpha value is -1.65. The Labute approximate surface area is 107 Å². The zero-order chi connectivity index (χ0) is 13.0. The molecule has 1 atom stereocenters. The number of benzene rings is 1. The fourth-order valence-electron chi connectivity index (χ4n) is 1.87. The van der Waals surface area contributed by atoms with Gasteiger partial charge in [-0.15, -0.1) is 0 Å². The van der Waals surface area contributed by atoms with E-state index in [1.165, 1.54) is 0 Å². The van der Waals surface area contributed by atoms with Crippen molar-refractivity contribution in [2.24, 2.45) is 0 Å². The predicted octanol–water partition coefficient (Wildman–Crippen LogP) is 2.15. The van der Waals surface area contributed by atoms with Gasteiger partial charge >= 0.3 is 0 Å². The van der Waals surface area contributed by atoms with E-state index in [-0.39, 0.29) is 6.10 Å². The molecule has 1 N–H and O–H groups in total. The van der Waals surface area contributed by atoms with E-state index < -0.39 is 0 Å². The molecule has 2 rings (SSSR count). The molecule has 96 valence electrons. The van der Waals surface area contributed by atoms with Crippen LogP contribution in [0.15, 0.2) is 40.9 Å². The molecule has 0 aliphatic heterocycles. The van der Waals surface area contributed by atoms with Crippen LogP contribution in [0.25, 0.3) is 11.3 Å². The fourth-order valence-corrected chi connectivity index (χ4v) is 1.87. The quantitative estimate of drug-likeness (QED) is 0.878. The average molecular weight is 246 g/mol. The Balaban J connectivity index is 2.03. The summed E-state index contributed by atoms with van der Waals surface area (Å²) in [6, 6.07) is 9.89. The number of hydrogen-bond acceptors (Lipinski definition) is 4. The van der Waals surface area contributed by atoms with Gasteiger partial charge in [0.25, 0.3) is 0 Å². The van der Waals surface area contributed by atoms with Crippen molar-refractivity contribution in [1.82, 2.24) is 9.88 Å². The molecule has 1 aromatic heterocycles. The summed E-state index contributed by atoms with van der Waals surface area (Å²) in [5.41, 5.74) is 1.02. The zero-order valence-electron chi connectivity index (χ0n) is 10.7. The molecule has 0 saturated carbocycles. The molecule has 0 aliphatic rings.